The fraction of sp³-hybridized carbons (Fsp3) is 0.188. The minimum absolute atomic E-state index is 0.227. The molecule has 120 valence electrons. The smallest absolute Gasteiger partial charge is 0.346 e. The molecule has 1 heterocycles. The molecule has 0 aliphatic carbocycles. The number of anilines is 1. The van der Waals surface area contributed by atoms with Crippen molar-refractivity contribution in [1.82, 2.24) is 0 Å². The Kier molecular flexibility index (Phi) is 5.48. The first-order valence-electron chi connectivity index (χ1n) is 6.75. The summed E-state index contributed by atoms with van der Waals surface area (Å²) in [6.45, 7) is 1.42. The van der Waals surface area contributed by atoms with E-state index in [0.717, 1.165) is 0 Å². The maximum atomic E-state index is 12.0. The molecule has 1 aromatic carbocycles. The number of methoxy groups -OCH3 is 1. The molecule has 0 bridgehead atoms. The van der Waals surface area contributed by atoms with Gasteiger partial charge in [0.15, 0.2) is 6.10 Å². The van der Waals surface area contributed by atoms with Crippen molar-refractivity contribution in [3.63, 3.8) is 0 Å². The summed E-state index contributed by atoms with van der Waals surface area (Å²) in [4.78, 5) is 35.8. The van der Waals surface area contributed by atoms with Crippen molar-refractivity contribution in [3.8, 4) is 0 Å². The van der Waals surface area contributed by atoms with Crippen LogP contribution in [0.1, 0.15) is 27.0 Å². The number of amides is 1. The predicted molar refractivity (Wildman–Crippen MR) is 85.6 cm³/mol. The largest absolute Gasteiger partial charge is 0.466 e. The molecule has 2 aromatic rings. The molecule has 1 N–H and O–H groups in total. The monoisotopic (exact) mass is 333 g/mol. The Morgan fingerprint density at radius 2 is 1.96 bits per heavy atom. The highest BCUT2D eigenvalue weighted by Crippen LogP contribution is 2.16. The van der Waals surface area contributed by atoms with E-state index in [9.17, 15) is 14.4 Å². The van der Waals surface area contributed by atoms with E-state index in [1.54, 1.807) is 29.6 Å². The Bertz CT molecular complexity index is 711. The first kappa shape index (κ1) is 16.7. The molecule has 1 atom stereocenters. The molecule has 1 amide bonds. The van der Waals surface area contributed by atoms with Crippen LogP contribution in [0.4, 0.5) is 5.69 Å². The van der Waals surface area contributed by atoms with Crippen LogP contribution in [0.25, 0.3) is 0 Å². The van der Waals surface area contributed by atoms with Gasteiger partial charge in [0, 0.05) is 5.69 Å². The van der Waals surface area contributed by atoms with Gasteiger partial charge in [-0.05, 0) is 36.6 Å². The Hall–Kier alpha value is -2.67. The van der Waals surface area contributed by atoms with Crippen LogP contribution in [0.15, 0.2) is 41.8 Å². The second kappa shape index (κ2) is 7.55. The van der Waals surface area contributed by atoms with Gasteiger partial charge in [0.25, 0.3) is 5.91 Å². The van der Waals surface area contributed by atoms with Gasteiger partial charge in [0.1, 0.15) is 0 Å². The van der Waals surface area contributed by atoms with Gasteiger partial charge in [-0.1, -0.05) is 12.1 Å². The second-order valence-corrected chi connectivity index (χ2v) is 5.53. The zero-order valence-electron chi connectivity index (χ0n) is 12.6. The van der Waals surface area contributed by atoms with Crippen molar-refractivity contribution in [3.05, 3.63) is 52.2 Å². The number of thiophene rings is 1. The summed E-state index contributed by atoms with van der Waals surface area (Å²) in [6.07, 6.45) is -1.00. The summed E-state index contributed by atoms with van der Waals surface area (Å²) in [6, 6.07) is 9.78. The molecule has 6 nitrogen and oxygen atoms in total. The summed E-state index contributed by atoms with van der Waals surface area (Å²) in [7, 11) is 1.22. The van der Waals surface area contributed by atoms with Crippen LogP contribution >= 0.6 is 11.3 Å². The molecule has 0 radical (unpaired) electrons. The molecule has 0 aliphatic heterocycles. The Morgan fingerprint density at radius 3 is 2.61 bits per heavy atom. The van der Waals surface area contributed by atoms with Gasteiger partial charge >= 0.3 is 11.9 Å². The molecule has 0 fully saturated rings. The second-order valence-electron chi connectivity index (χ2n) is 4.58. The number of carbonyl (C=O) groups is 3. The molecular weight excluding hydrogens is 318 g/mol. The lowest BCUT2D eigenvalue weighted by Crippen LogP contribution is -2.25. The molecule has 0 saturated carbocycles. The summed E-state index contributed by atoms with van der Waals surface area (Å²) in [5.74, 6) is -1.57. The third-order valence-corrected chi connectivity index (χ3v) is 3.79. The van der Waals surface area contributed by atoms with Crippen LogP contribution < -0.4 is 5.32 Å². The van der Waals surface area contributed by atoms with E-state index in [1.807, 2.05) is 0 Å². The summed E-state index contributed by atoms with van der Waals surface area (Å²) in [5, 5.41) is 4.50. The average Bonchev–Trinajstić information content (AvgIpc) is 3.08. The van der Waals surface area contributed by atoms with Crippen LogP contribution in [-0.4, -0.2) is 31.1 Å². The fourth-order valence-electron chi connectivity index (χ4n) is 1.77. The normalized spacial score (nSPS) is 11.4. The minimum atomic E-state index is -1.00. The quantitative estimate of drug-likeness (QED) is 0.851. The van der Waals surface area contributed by atoms with Crippen LogP contribution in [0.3, 0.4) is 0 Å². The zero-order valence-corrected chi connectivity index (χ0v) is 13.4. The highest BCUT2D eigenvalue weighted by molar-refractivity contribution is 7.12. The van der Waals surface area contributed by atoms with Gasteiger partial charge in [-0.25, -0.2) is 9.59 Å². The summed E-state index contributed by atoms with van der Waals surface area (Å²) >= 11 is 1.32. The molecule has 7 heteroatoms. The van der Waals surface area contributed by atoms with Gasteiger partial charge in [-0.3, -0.25) is 4.79 Å². The molecule has 1 aromatic heterocycles. The van der Waals surface area contributed by atoms with Crippen molar-refractivity contribution in [2.75, 3.05) is 12.4 Å². The van der Waals surface area contributed by atoms with Crippen LogP contribution in [0.5, 0.6) is 0 Å². The number of esters is 2. The van der Waals surface area contributed by atoms with E-state index >= 15 is 0 Å². The lowest BCUT2D eigenvalue weighted by molar-refractivity contribution is -0.149. The number of benzene rings is 1. The van der Waals surface area contributed by atoms with Crippen molar-refractivity contribution < 1.29 is 23.9 Å². The minimum Gasteiger partial charge on any atom is -0.466 e. The number of carbonyl (C=O) groups excluding carboxylic acids is 3. The Balaban J connectivity index is 2.06. The lowest BCUT2D eigenvalue weighted by atomic mass is 10.2. The topological polar surface area (TPSA) is 81.7 Å². The van der Waals surface area contributed by atoms with E-state index < -0.39 is 18.0 Å². The molecule has 23 heavy (non-hydrogen) atoms. The average molecular weight is 333 g/mol. The molecule has 0 spiro atoms. The third kappa shape index (κ3) is 4.40. The van der Waals surface area contributed by atoms with E-state index in [2.05, 4.69) is 10.1 Å². The van der Waals surface area contributed by atoms with Gasteiger partial charge < -0.3 is 14.8 Å². The first-order valence-corrected chi connectivity index (χ1v) is 7.63. The Morgan fingerprint density at radius 1 is 1.17 bits per heavy atom. The van der Waals surface area contributed by atoms with E-state index in [0.29, 0.717) is 10.6 Å². The fourth-order valence-corrected chi connectivity index (χ4v) is 2.39. The molecule has 0 unspecified atom stereocenters. The number of hydrogen-bond donors (Lipinski definition) is 1. The van der Waals surface area contributed by atoms with Crippen LogP contribution in [-0.2, 0) is 14.3 Å². The van der Waals surface area contributed by atoms with Crippen molar-refractivity contribution in [2.24, 2.45) is 0 Å². The highest BCUT2D eigenvalue weighted by atomic mass is 32.1. The van der Waals surface area contributed by atoms with Crippen molar-refractivity contribution in [2.45, 2.75) is 13.0 Å². The molecule has 0 aliphatic rings. The lowest BCUT2D eigenvalue weighted by Gasteiger charge is -2.11. The number of rotatable bonds is 5. The summed E-state index contributed by atoms with van der Waals surface area (Å²) in [5.41, 5.74) is 0.688. The molecule has 2 rings (SSSR count). The Labute approximate surface area is 137 Å². The van der Waals surface area contributed by atoms with Gasteiger partial charge in [0.05, 0.1) is 17.6 Å². The van der Waals surface area contributed by atoms with Gasteiger partial charge in [-0.15, -0.1) is 11.3 Å². The third-order valence-electron chi connectivity index (χ3n) is 2.92. The highest BCUT2D eigenvalue weighted by Gasteiger charge is 2.19. The maximum Gasteiger partial charge on any atom is 0.346 e. The number of ether oxygens (including phenoxy) is 2. The van der Waals surface area contributed by atoms with Gasteiger partial charge in [0.2, 0.25) is 0 Å². The maximum absolute atomic E-state index is 12.0. The molecule has 0 saturated heterocycles. The number of nitrogens with one attached hydrogen (secondary N) is 1. The standard InChI is InChI=1S/C16H15NO5S/c1-10(15(19)21-2)22-16(20)11-5-3-6-12(9-11)17-14(18)13-7-4-8-23-13/h3-10H,1-2H3,(H,17,18)/t10-/m0/s1. The van der Waals surface area contributed by atoms with E-state index in [-0.39, 0.29) is 11.5 Å². The van der Waals surface area contributed by atoms with Crippen molar-refractivity contribution >= 4 is 34.9 Å². The predicted octanol–water partition coefficient (Wildman–Crippen LogP) is 2.72. The summed E-state index contributed by atoms with van der Waals surface area (Å²) < 4.78 is 9.49. The molecular formula is C16H15NO5S. The van der Waals surface area contributed by atoms with Gasteiger partial charge in [-0.2, -0.15) is 0 Å². The SMILES string of the molecule is COC(=O)[C@H](C)OC(=O)c1cccc(NC(=O)c2cccs2)c1. The van der Waals surface area contributed by atoms with E-state index in [1.165, 1.54) is 37.5 Å². The van der Waals surface area contributed by atoms with Crippen LogP contribution in [0.2, 0.25) is 0 Å². The van der Waals surface area contributed by atoms with E-state index in [4.69, 9.17) is 4.74 Å². The first-order chi connectivity index (χ1) is 11.0. The number of hydrogen-bond acceptors (Lipinski definition) is 6. The zero-order chi connectivity index (χ0) is 16.8. The van der Waals surface area contributed by atoms with Crippen molar-refractivity contribution in [1.29, 1.82) is 0 Å². The van der Waals surface area contributed by atoms with Crippen LogP contribution in [0, 0.1) is 0 Å².